The van der Waals surface area contributed by atoms with Crippen LogP contribution in [-0.4, -0.2) is 135 Å². The van der Waals surface area contributed by atoms with Crippen LogP contribution in [0.1, 0.15) is 114 Å². The first-order valence-electron chi connectivity index (χ1n) is 26.0. The van der Waals surface area contributed by atoms with E-state index in [1.807, 2.05) is 11.9 Å². The molecule has 6 aromatic heterocycles. The Morgan fingerprint density at radius 2 is 0.573 bits per heavy atom. The molecule has 82 heavy (non-hydrogen) atoms. The summed E-state index contributed by atoms with van der Waals surface area (Å²) in [5, 5.41) is 39.5. The normalized spacial score (nSPS) is 11.0. The van der Waals surface area contributed by atoms with E-state index in [-0.39, 0.29) is 96.6 Å². The van der Waals surface area contributed by atoms with Crippen LogP contribution in [0, 0.1) is 0 Å². The predicted molar refractivity (Wildman–Crippen MR) is 301 cm³/mol. The van der Waals surface area contributed by atoms with Crippen LogP contribution >= 0.6 is 0 Å². The molecule has 0 aliphatic rings. The summed E-state index contributed by atoms with van der Waals surface area (Å²) in [5.74, 6) is -4.40. The van der Waals surface area contributed by atoms with Gasteiger partial charge in [0.1, 0.15) is 34.2 Å². The van der Waals surface area contributed by atoms with Crippen molar-refractivity contribution < 1.29 is 58.4 Å². The highest BCUT2D eigenvalue weighted by Crippen LogP contribution is 2.23. The summed E-state index contributed by atoms with van der Waals surface area (Å²) in [6, 6.07) is 9.09. The molecule has 29 heteroatoms. The van der Waals surface area contributed by atoms with Crippen molar-refractivity contribution in [2.24, 2.45) is 42.3 Å². The van der Waals surface area contributed by atoms with Crippen molar-refractivity contribution in [3.05, 3.63) is 108 Å². The van der Waals surface area contributed by atoms with Crippen molar-refractivity contribution in [1.29, 1.82) is 0 Å². The number of amides is 10. The Kier molecular flexibility index (Phi) is 21.3. The standard InChI is InChI=1S/C53H69N17O12/c1-64(18-16-54-48(75)38-22-34(28-65(38)2)58-52(79)42-24-36(30-69(42)6)60-50(77)40-20-32(26-67(40)4)56-44(71)12-8-10-14-46(73)62-81)19-17-55-49(76)39-23-35(29-66(39)3)59-53(80)43-25-37(31-70(43)7)61-51(78)41-21-33(27-68(41)5)57-45(72)13-9-11-15-47(74)63-82/h20-31,81-82H,8-19H2,1-7H3,(H,54,75)(H,55,76)(H,56,71)(H,57,72)(H,58,79)(H,59,80)(H,60,77)(H,61,78)(H,62,73)(H,63,74). The maximum Gasteiger partial charge on any atom is 0.272 e. The van der Waals surface area contributed by atoms with Gasteiger partial charge in [-0.25, -0.2) is 11.0 Å². The summed E-state index contributed by atoms with van der Waals surface area (Å²) >= 11 is 0. The van der Waals surface area contributed by atoms with Gasteiger partial charge >= 0.3 is 0 Å². The smallest absolute Gasteiger partial charge is 0.272 e. The molecule has 0 aliphatic carbocycles. The highest BCUT2D eigenvalue weighted by molar-refractivity contribution is 6.09. The molecule has 0 bridgehead atoms. The summed E-state index contributed by atoms with van der Waals surface area (Å²) in [6.07, 6.45) is 11.6. The average Bonchev–Trinajstić information content (AvgIpc) is 4.42. The van der Waals surface area contributed by atoms with Crippen LogP contribution in [0.4, 0.5) is 34.1 Å². The fourth-order valence-electron chi connectivity index (χ4n) is 8.65. The molecule has 0 aliphatic heterocycles. The maximum atomic E-state index is 13.4. The molecule has 6 heterocycles. The van der Waals surface area contributed by atoms with E-state index in [2.05, 4.69) is 42.5 Å². The van der Waals surface area contributed by atoms with Gasteiger partial charge in [-0.3, -0.25) is 58.4 Å². The Balaban J connectivity index is 0.894. The van der Waals surface area contributed by atoms with Gasteiger partial charge in [0, 0.05) is 131 Å². The molecular weight excluding hydrogens is 1070 g/mol. The lowest BCUT2D eigenvalue weighted by Crippen LogP contribution is -2.38. The Morgan fingerprint density at radius 3 is 0.817 bits per heavy atom. The Labute approximate surface area is 470 Å². The van der Waals surface area contributed by atoms with Gasteiger partial charge in [0.05, 0.1) is 34.1 Å². The number of anilines is 6. The number of hydrogen-bond donors (Lipinski definition) is 12. The van der Waals surface area contributed by atoms with E-state index >= 15 is 0 Å². The number of unbranched alkanes of at least 4 members (excludes halogenated alkanes) is 2. The van der Waals surface area contributed by atoms with Gasteiger partial charge in [-0.1, -0.05) is 0 Å². The highest BCUT2D eigenvalue weighted by Gasteiger charge is 2.22. The van der Waals surface area contributed by atoms with Gasteiger partial charge in [-0.2, -0.15) is 0 Å². The van der Waals surface area contributed by atoms with Crippen LogP contribution in [0.15, 0.2) is 73.6 Å². The first-order chi connectivity index (χ1) is 39.0. The third kappa shape index (κ3) is 17.1. The van der Waals surface area contributed by atoms with Crippen molar-refractivity contribution in [3.63, 3.8) is 0 Å². The number of nitrogens with zero attached hydrogens (tertiary/aromatic N) is 7. The predicted octanol–water partition coefficient (Wildman–Crippen LogP) is 2.83. The SMILES string of the molecule is CN(CCNC(=O)c1cc(NC(=O)c2cc(NC(=O)c3cc(NC(=O)CCCCC(=O)NO)cn3C)cn2C)cn1C)CCNC(=O)c1cc(NC(=O)c2cc(NC(=O)c3cc(NC(=O)CCCCC(=O)NO)cn3C)cn2C)cn1C. The largest absolute Gasteiger partial charge is 0.349 e. The number of hydroxylamine groups is 2. The minimum atomic E-state index is -0.532. The maximum absolute atomic E-state index is 13.4. The van der Waals surface area contributed by atoms with E-state index in [9.17, 15) is 47.9 Å². The molecule has 0 aromatic carbocycles. The van der Waals surface area contributed by atoms with Crippen LogP contribution in [-0.2, 0) is 61.5 Å². The zero-order valence-corrected chi connectivity index (χ0v) is 46.5. The quantitative estimate of drug-likeness (QED) is 0.0191. The van der Waals surface area contributed by atoms with Crippen LogP contribution in [0.3, 0.4) is 0 Å². The summed E-state index contributed by atoms with van der Waals surface area (Å²) in [6.45, 7) is 1.42. The van der Waals surface area contributed by atoms with Gasteiger partial charge in [0.2, 0.25) is 23.6 Å². The first-order valence-corrected chi connectivity index (χ1v) is 26.0. The van der Waals surface area contributed by atoms with Crippen LogP contribution in [0.2, 0.25) is 0 Å². The Bertz CT molecular complexity index is 3140. The lowest BCUT2D eigenvalue weighted by Gasteiger charge is -2.17. The van der Waals surface area contributed by atoms with Crippen molar-refractivity contribution in [2.45, 2.75) is 51.4 Å². The van der Waals surface area contributed by atoms with Crippen molar-refractivity contribution in [1.82, 2.24) is 53.9 Å². The van der Waals surface area contributed by atoms with Gasteiger partial charge in [0.25, 0.3) is 35.4 Å². The molecule has 0 saturated heterocycles. The number of carbonyl (C=O) groups is 10. The van der Waals surface area contributed by atoms with E-state index in [4.69, 9.17) is 10.4 Å². The summed E-state index contributed by atoms with van der Waals surface area (Å²) in [5.41, 5.74) is 6.77. The minimum absolute atomic E-state index is 0.0852. The van der Waals surface area contributed by atoms with E-state index in [1.165, 1.54) is 45.5 Å². The zero-order valence-electron chi connectivity index (χ0n) is 46.5. The molecule has 0 fully saturated rings. The number of carbonyl (C=O) groups excluding carboxylic acids is 10. The minimum Gasteiger partial charge on any atom is -0.349 e. The molecule has 438 valence electrons. The number of likely N-dealkylation sites (N-methyl/N-ethyl adjacent to an activating group) is 1. The molecule has 10 amide bonds. The molecule has 0 atom stereocenters. The molecule has 6 aromatic rings. The second kappa shape index (κ2) is 28.4. The van der Waals surface area contributed by atoms with Crippen LogP contribution in [0.5, 0.6) is 0 Å². The fourth-order valence-corrected chi connectivity index (χ4v) is 8.65. The van der Waals surface area contributed by atoms with E-state index in [1.54, 1.807) is 109 Å². The van der Waals surface area contributed by atoms with Gasteiger partial charge in [-0.15, -0.1) is 0 Å². The molecular formula is C53H69N17O12. The highest BCUT2D eigenvalue weighted by atomic mass is 16.5. The second-order valence-electron chi connectivity index (χ2n) is 19.6. The molecule has 0 saturated carbocycles. The molecule has 0 radical (unpaired) electrons. The zero-order chi connectivity index (χ0) is 59.8. The lowest BCUT2D eigenvalue weighted by molar-refractivity contribution is -0.130. The van der Waals surface area contributed by atoms with Gasteiger partial charge in [-0.05, 0) is 69.1 Å². The Hall–Kier alpha value is -9.74. The monoisotopic (exact) mass is 1140 g/mol. The molecule has 29 nitrogen and oxygen atoms in total. The second-order valence-corrected chi connectivity index (χ2v) is 19.6. The number of nitrogens with one attached hydrogen (secondary N) is 10. The summed E-state index contributed by atoms with van der Waals surface area (Å²) in [7, 11) is 11.7. The number of aromatic nitrogens is 6. The Morgan fingerprint density at radius 1 is 0.354 bits per heavy atom. The average molecular weight is 1140 g/mol. The number of hydrogen-bond acceptors (Lipinski definition) is 13. The third-order valence-corrected chi connectivity index (χ3v) is 12.9. The van der Waals surface area contributed by atoms with Crippen LogP contribution < -0.4 is 53.5 Å². The lowest BCUT2D eigenvalue weighted by atomic mass is 10.2. The van der Waals surface area contributed by atoms with Gasteiger partial charge in [0.15, 0.2) is 0 Å². The van der Waals surface area contributed by atoms with Crippen molar-refractivity contribution in [3.8, 4) is 0 Å². The molecule has 0 spiro atoms. The number of aryl methyl sites for hydroxylation is 6. The van der Waals surface area contributed by atoms with Crippen LogP contribution in [0.25, 0.3) is 0 Å². The third-order valence-electron chi connectivity index (χ3n) is 12.9. The summed E-state index contributed by atoms with van der Waals surface area (Å²) in [4.78, 5) is 129. The molecule has 12 N–H and O–H groups in total. The summed E-state index contributed by atoms with van der Waals surface area (Å²) < 4.78 is 9.30. The van der Waals surface area contributed by atoms with E-state index in [0.717, 1.165) is 0 Å². The first kappa shape index (κ1) is 61.5. The van der Waals surface area contributed by atoms with Gasteiger partial charge < -0.3 is 74.8 Å². The topological polar surface area (TPSA) is 364 Å². The number of rotatable bonds is 28. The van der Waals surface area contributed by atoms with E-state index < -0.39 is 35.4 Å². The van der Waals surface area contributed by atoms with Crippen molar-refractivity contribution in [2.75, 3.05) is 65.1 Å². The van der Waals surface area contributed by atoms with E-state index in [0.29, 0.717) is 72.9 Å². The van der Waals surface area contributed by atoms with Crippen molar-refractivity contribution >= 4 is 93.2 Å². The fraction of sp³-hybridized carbons (Fsp3) is 0.358. The molecule has 0 unspecified atom stereocenters. The molecule has 6 rings (SSSR count).